The first-order valence-electron chi connectivity index (χ1n) is 9.33. The van der Waals surface area contributed by atoms with Crippen LogP contribution in [0.3, 0.4) is 0 Å². The van der Waals surface area contributed by atoms with E-state index in [2.05, 4.69) is 27.6 Å². The van der Waals surface area contributed by atoms with E-state index in [1.54, 1.807) is 36.5 Å². The molecule has 0 bridgehead atoms. The van der Waals surface area contributed by atoms with Crippen molar-refractivity contribution in [2.75, 3.05) is 20.1 Å². The molecule has 0 saturated carbocycles. The van der Waals surface area contributed by atoms with Crippen molar-refractivity contribution in [1.82, 2.24) is 20.5 Å². The molecule has 142 valence electrons. The predicted octanol–water partition coefficient (Wildman–Crippen LogP) is 2.39. The lowest BCUT2D eigenvalue weighted by atomic mass is 10.1. The zero-order valence-electron chi connectivity index (χ0n) is 15.6. The second-order valence-electron chi connectivity index (χ2n) is 6.82. The predicted molar refractivity (Wildman–Crippen MR) is 106 cm³/mol. The fourth-order valence-electron chi connectivity index (χ4n) is 3.32. The molecule has 2 aromatic rings. The molecule has 2 heterocycles. The summed E-state index contributed by atoms with van der Waals surface area (Å²) in [7, 11) is 2.12. The molecule has 2 amide bonds. The number of carbonyl (C=O) groups is 2. The van der Waals surface area contributed by atoms with Crippen LogP contribution in [0.2, 0.25) is 0 Å². The van der Waals surface area contributed by atoms with Gasteiger partial charge in [-0.15, -0.1) is 0 Å². The molecule has 0 aliphatic carbocycles. The third kappa shape index (κ3) is 5.31. The lowest BCUT2D eigenvalue weighted by Crippen LogP contribution is -2.37. The average molecular weight is 366 g/mol. The number of aromatic amines is 1. The topological polar surface area (TPSA) is 77.2 Å². The standard InChI is InChI=1S/C21H26N4O2/c1-25-14-6-10-18(25)11-13-23-21(27)19(15-17-9-5-12-22-17)24-20(26)16-7-3-2-4-8-16/h2-5,7-9,12,15,18,22H,6,10-11,13-14H2,1H3,(H,23,27)(H,24,26)/b19-15-/t18-/m1/s1. The van der Waals surface area contributed by atoms with Gasteiger partial charge in [-0.1, -0.05) is 18.2 Å². The molecule has 3 rings (SSSR count). The number of nitrogens with one attached hydrogen (secondary N) is 3. The summed E-state index contributed by atoms with van der Waals surface area (Å²) in [5.41, 5.74) is 1.49. The molecule has 0 unspecified atom stereocenters. The lowest BCUT2D eigenvalue weighted by Gasteiger charge is -2.19. The van der Waals surface area contributed by atoms with Crippen LogP contribution in [0.5, 0.6) is 0 Å². The molecule has 6 heteroatoms. The molecule has 1 aromatic carbocycles. The normalized spacial score (nSPS) is 17.7. The zero-order chi connectivity index (χ0) is 19.1. The number of benzene rings is 1. The summed E-state index contributed by atoms with van der Waals surface area (Å²) in [4.78, 5) is 30.5. The molecule has 1 aliphatic rings. The molecule has 1 aromatic heterocycles. The van der Waals surface area contributed by atoms with Crippen LogP contribution < -0.4 is 10.6 Å². The van der Waals surface area contributed by atoms with Gasteiger partial charge < -0.3 is 20.5 Å². The number of carbonyl (C=O) groups excluding carboxylic acids is 2. The van der Waals surface area contributed by atoms with Crippen LogP contribution in [0, 0.1) is 0 Å². The number of rotatable bonds is 7. The van der Waals surface area contributed by atoms with Crippen molar-refractivity contribution in [1.29, 1.82) is 0 Å². The number of likely N-dealkylation sites (tertiary alicyclic amines) is 1. The van der Waals surface area contributed by atoms with E-state index in [1.165, 1.54) is 12.8 Å². The highest BCUT2D eigenvalue weighted by atomic mass is 16.2. The van der Waals surface area contributed by atoms with Crippen LogP contribution in [0.1, 0.15) is 35.3 Å². The van der Waals surface area contributed by atoms with Crippen LogP contribution in [0.15, 0.2) is 54.4 Å². The van der Waals surface area contributed by atoms with Gasteiger partial charge in [-0.2, -0.15) is 0 Å². The van der Waals surface area contributed by atoms with Gasteiger partial charge in [0.1, 0.15) is 5.70 Å². The monoisotopic (exact) mass is 366 g/mol. The smallest absolute Gasteiger partial charge is 0.267 e. The second-order valence-corrected chi connectivity index (χ2v) is 6.82. The molecule has 3 N–H and O–H groups in total. The number of H-pyrrole nitrogens is 1. The Kier molecular flexibility index (Phi) is 6.44. The summed E-state index contributed by atoms with van der Waals surface area (Å²) in [6.45, 7) is 1.70. The van der Waals surface area contributed by atoms with Crippen molar-refractivity contribution in [2.45, 2.75) is 25.3 Å². The number of hydrogen-bond acceptors (Lipinski definition) is 3. The molecule has 6 nitrogen and oxygen atoms in total. The molecule has 1 fully saturated rings. The fraction of sp³-hybridized carbons (Fsp3) is 0.333. The Hall–Kier alpha value is -2.86. The van der Waals surface area contributed by atoms with E-state index < -0.39 is 0 Å². The van der Waals surface area contributed by atoms with Crippen molar-refractivity contribution in [3.8, 4) is 0 Å². The summed E-state index contributed by atoms with van der Waals surface area (Å²) in [6, 6.07) is 13.1. The minimum atomic E-state index is -0.306. The first kappa shape index (κ1) is 18.9. The summed E-state index contributed by atoms with van der Waals surface area (Å²) < 4.78 is 0. The van der Waals surface area contributed by atoms with Crippen molar-refractivity contribution in [2.24, 2.45) is 0 Å². The van der Waals surface area contributed by atoms with Crippen LogP contribution in [-0.2, 0) is 4.79 Å². The van der Waals surface area contributed by atoms with Gasteiger partial charge in [0.05, 0.1) is 0 Å². The van der Waals surface area contributed by atoms with Gasteiger partial charge in [0, 0.05) is 30.0 Å². The Labute approximate surface area is 159 Å². The molecule has 0 radical (unpaired) electrons. The largest absolute Gasteiger partial charge is 0.362 e. The van der Waals surface area contributed by atoms with E-state index in [4.69, 9.17) is 0 Å². The average Bonchev–Trinajstić information content (AvgIpc) is 3.34. The highest BCUT2D eigenvalue weighted by molar-refractivity contribution is 6.05. The van der Waals surface area contributed by atoms with Crippen LogP contribution >= 0.6 is 0 Å². The third-order valence-electron chi connectivity index (χ3n) is 4.89. The summed E-state index contributed by atoms with van der Waals surface area (Å²) in [5, 5.41) is 5.68. The van der Waals surface area contributed by atoms with E-state index in [0.29, 0.717) is 18.2 Å². The van der Waals surface area contributed by atoms with Crippen LogP contribution in [-0.4, -0.2) is 47.9 Å². The highest BCUT2D eigenvalue weighted by Crippen LogP contribution is 2.17. The minimum Gasteiger partial charge on any atom is -0.362 e. The van der Waals surface area contributed by atoms with Gasteiger partial charge in [-0.3, -0.25) is 9.59 Å². The molecule has 0 spiro atoms. The van der Waals surface area contributed by atoms with E-state index in [0.717, 1.165) is 18.7 Å². The fourth-order valence-corrected chi connectivity index (χ4v) is 3.32. The maximum atomic E-state index is 12.7. The van der Waals surface area contributed by atoms with Gasteiger partial charge in [-0.05, 0) is 63.2 Å². The zero-order valence-corrected chi connectivity index (χ0v) is 15.6. The first-order valence-corrected chi connectivity index (χ1v) is 9.33. The van der Waals surface area contributed by atoms with Crippen molar-refractivity contribution >= 4 is 17.9 Å². The Balaban J connectivity index is 1.64. The molecular weight excluding hydrogens is 340 g/mol. The molecule has 1 atom stereocenters. The summed E-state index contributed by atoms with van der Waals surface area (Å²) >= 11 is 0. The Morgan fingerprint density at radius 3 is 2.70 bits per heavy atom. The van der Waals surface area contributed by atoms with E-state index in [-0.39, 0.29) is 17.5 Å². The van der Waals surface area contributed by atoms with Crippen molar-refractivity contribution in [3.05, 3.63) is 65.6 Å². The SMILES string of the molecule is CN1CCC[C@@H]1CCNC(=O)/C(=C/c1ccc[nH]1)NC(=O)c1ccccc1. The van der Waals surface area contributed by atoms with Gasteiger partial charge in [0.25, 0.3) is 11.8 Å². The molecular formula is C21H26N4O2. The van der Waals surface area contributed by atoms with Gasteiger partial charge >= 0.3 is 0 Å². The lowest BCUT2D eigenvalue weighted by molar-refractivity contribution is -0.117. The van der Waals surface area contributed by atoms with Gasteiger partial charge in [-0.25, -0.2) is 0 Å². The first-order chi connectivity index (χ1) is 13.1. The Bertz CT molecular complexity index is 784. The van der Waals surface area contributed by atoms with Gasteiger partial charge in [0.15, 0.2) is 0 Å². The maximum absolute atomic E-state index is 12.7. The number of aromatic nitrogens is 1. The minimum absolute atomic E-state index is 0.228. The Morgan fingerprint density at radius 1 is 1.22 bits per heavy atom. The van der Waals surface area contributed by atoms with Crippen LogP contribution in [0.4, 0.5) is 0 Å². The molecule has 27 heavy (non-hydrogen) atoms. The quantitative estimate of drug-likeness (QED) is 0.659. The summed E-state index contributed by atoms with van der Waals surface area (Å²) in [5.74, 6) is -0.589. The van der Waals surface area contributed by atoms with E-state index in [9.17, 15) is 9.59 Å². The van der Waals surface area contributed by atoms with Crippen molar-refractivity contribution in [3.63, 3.8) is 0 Å². The van der Waals surface area contributed by atoms with Gasteiger partial charge in [0.2, 0.25) is 0 Å². The Morgan fingerprint density at radius 2 is 2.04 bits per heavy atom. The highest BCUT2D eigenvalue weighted by Gasteiger charge is 2.21. The van der Waals surface area contributed by atoms with E-state index in [1.807, 2.05) is 18.2 Å². The molecule has 1 saturated heterocycles. The van der Waals surface area contributed by atoms with E-state index >= 15 is 0 Å². The van der Waals surface area contributed by atoms with Crippen LogP contribution in [0.25, 0.3) is 6.08 Å². The summed E-state index contributed by atoms with van der Waals surface area (Å²) in [6.07, 6.45) is 6.71. The molecule has 1 aliphatic heterocycles. The second kappa shape index (κ2) is 9.19. The third-order valence-corrected chi connectivity index (χ3v) is 4.89. The number of nitrogens with zero attached hydrogens (tertiary/aromatic N) is 1. The maximum Gasteiger partial charge on any atom is 0.267 e. The number of hydrogen-bond donors (Lipinski definition) is 3. The van der Waals surface area contributed by atoms with Crippen molar-refractivity contribution < 1.29 is 9.59 Å². The number of amides is 2.